The third-order valence-corrected chi connectivity index (χ3v) is 4.04. The van der Waals surface area contributed by atoms with Crippen LogP contribution in [0.15, 0.2) is 36.4 Å². The van der Waals surface area contributed by atoms with E-state index in [1.807, 2.05) is 24.3 Å². The zero-order valence-corrected chi connectivity index (χ0v) is 12.2. The zero-order valence-electron chi connectivity index (χ0n) is 12.2. The first-order valence-corrected chi connectivity index (χ1v) is 7.07. The lowest BCUT2D eigenvalue weighted by Gasteiger charge is -2.25. The van der Waals surface area contributed by atoms with Crippen LogP contribution in [0, 0.1) is 5.82 Å². The highest BCUT2D eigenvalue weighted by molar-refractivity contribution is 5.50. The highest BCUT2D eigenvalue weighted by atomic mass is 19.1. The van der Waals surface area contributed by atoms with Crippen LogP contribution in [0.5, 0.6) is 11.5 Å². The van der Waals surface area contributed by atoms with Crippen molar-refractivity contribution in [3.05, 3.63) is 58.9 Å². The van der Waals surface area contributed by atoms with Gasteiger partial charge in [-0.05, 0) is 29.8 Å². The van der Waals surface area contributed by atoms with Gasteiger partial charge in [0.15, 0.2) is 11.5 Å². The second kappa shape index (κ2) is 5.74. The second-order valence-electron chi connectivity index (χ2n) is 5.18. The summed E-state index contributed by atoms with van der Waals surface area (Å²) in [7, 11) is 3.25. The highest BCUT2D eigenvalue weighted by Crippen LogP contribution is 2.35. The van der Waals surface area contributed by atoms with Crippen LogP contribution in [0.1, 0.15) is 22.7 Å². The molecule has 3 rings (SSSR count). The maximum absolute atomic E-state index is 14.1. The average Bonchev–Trinajstić information content (AvgIpc) is 2.53. The first-order valence-electron chi connectivity index (χ1n) is 7.07. The number of methoxy groups -OCH3 is 2. The molecule has 110 valence electrons. The summed E-state index contributed by atoms with van der Waals surface area (Å²) in [5, 5.41) is 2.17. The SMILES string of the molecule is COc1cc2c(cc1OC)[C@@H](c1ccccc1F)[NH2+]CC2. The third kappa shape index (κ3) is 2.47. The molecule has 3 nitrogen and oxygen atoms in total. The van der Waals surface area contributed by atoms with Crippen molar-refractivity contribution in [1.82, 2.24) is 0 Å². The van der Waals surface area contributed by atoms with Crippen molar-refractivity contribution in [2.24, 2.45) is 0 Å². The van der Waals surface area contributed by atoms with E-state index in [-0.39, 0.29) is 11.9 Å². The summed E-state index contributed by atoms with van der Waals surface area (Å²) < 4.78 is 24.9. The van der Waals surface area contributed by atoms with Crippen LogP contribution in [0.3, 0.4) is 0 Å². The number of nitrogens with two attached hydrogens (primary N) is 1. The quantitative estimate of drug-likeness (QED) is 0.938. The largest absolute Gasteiger partial charge is 0.493 e. The Morgan fingerprint density at radius 2 is 1.76 bits per heavy atom. The minimum atomic E-state index is -0.165. The molecule has 0 radical (unpaired) electrons. The van der Waals surface area contributed by atoms with Crippen molar-refractivity contribution in [2.75, 3.05) is 20.8 Å². The minimum absolute atomic E-state index is 0.0326. The zero-order chi connectivity index (χ0) is 14.8. The van der Waals surface area contributed by atoms with Gasteiger partial charge in [0.2, 0.25) is 0 Å². The number of rotatable bonds is 3. The Labute approximate surface area is 123 Å². The number of hydrogen-bond acceptors (Lipinski definition) is 2. The van der Waals surface area contributed by atoms with E-state index in [9.17, 15) is 4.39 Å². The van der Waals surface area contributed by atoms with Gasteiger partial charge in [-0.15, -0.1) is 0 Å². The Balaban J connectivity index is 2.11. The lowest BCUT2D eigenvalue weighted by atomic mass is 9.89. The third-order valence-electron chi connectivity index (χ3n) is 4.04. The molecule has 0 aliphatic carbocycles. The van der Waals surface area contributed by atoms with E-state index >= 15 is 0 Å². The van der Waals surface area contributed by atoms with Crippen LogP contribution in [0.4, 0.5) is 4.39 Å². The van der Waals surface area contributed by atoms with Gasteiger partial charge >= 0.3 is 0 Å². The molecule has 4 heteroatoms. The molecule has 1 atom stereocenters. The Morgan fingerprint density at radius 1 is 1.05 bits per heavy atom. The Kier molecular flexibility index (Phi) is 3.80. The molecule has 1 heterocycles. The van der Waals surface area contributed by atoms with E-state index in [0.717, 1.165) is 24.3 Å². The topological polar surface area (TPSA) is 35.1 Å². The van der Waals surface area contributed by atoms with Crippen molar-refractivity contribution in [3.8, 4) is 11.5 Å². The number of fused-ring (bicyclic) bond motifs is 1. The number of halogens is 1. The van der Waals surface area contributed by atoms with Crippen molar-refractivity contribution in [3.63, 3.8) is 0 Å². The molecule has 2 aromatic rings. The van der Waals surface area contributed by atoms with Gasteiger partial charge in [0.25, 0.3) is 0 Å². The van der Waals surface area contributed by atoms with Gasteiger partial charge in [-0.25, -0.2) is 4.39 Å². The molecule has 0 saturated heterocycles. The van der Waals surface area contributed by atoms with Crippen LogP contribution in [0.25, 0.3) is 0 Å². The monoisotopic (exact) mass is 288 g/mol. The van der Waals surface area contributed by atoms with Gasteiger partial charge in [0, 0.05) is 17.5 Å². The molecule has 1 aliphatic rings. The van der Waals surface area contributed by atoms with Crippen LogP contribution in [-0.2, 0) is 6.42 Å². The maximum Gasteiger partial charge on any atom is 0.161 e. The average molecular weight is 288 g/mol. The van der Waals surface area contributed by atoms with E-state index in [1.54, 1.807) is 20.3 Å². The summed E-state index contributed by atoms with van der Waals surface area (Å²) in [5.74, 6) is 1.25. The van der Waals surface area contributed by atoms with Crippen LogP contribution in [0.2, 0.25) is 0 Å². The van der Waals surface area contributed by atoms with Gasteiger partial charge in [0.05, 0.1) is 20.8 Å². The summed E-state index contributed by atoms with van der Waals surface area (Å²) >= 11 is 0. The fourth-order valence-corrected chi connectivity index (χ4v) is 3.00. The van der Waals surface area contributed by atoms with E-state index in [0.29, 0.717) is 11.3 Å². The molecule has 2 aromatic carbocycles. The molecule has 0 spiro atoms. The van der Waals surface area contributed by atoms with E-state index in [2.05, 4.69) is 5.32 Å². The summed E-state index contributed by atoms with van der Waals surface area (Å²) in [6, 6.07) is 10.9. The van der Waals surface area contributed by atoms with Crippen molar-refractivity contribution >= 4 is 0 Å². The highest BCUT2D eigenvalue weighted by Gasteiger charge is 2.28. The fourth-order valence-electron chi connectivity index (χ4n) is 3.00. The molecule has 1 aliphatic heterocycles. The van der Waals surface area contributed by atoms with Crippen molar-refractivity contribution < 1.29 is 19.2 Å². The number of benzene rings is 2. The molecular formula is C17H19FNO2+. The minimum Gasteiger partial charge on any atom is -0.493 e. The fraction of sp³-hybridized carbons (Fsp3) is 0.294. The lowest BCUT2D eigenvalue weighted by molar-refractivity contribution is -0.690. The summed E-state index contributed by atoms with van der Waals surface area (Å²) in [5.41, 5.74) is 3.01. The first kappa shape index (κ1) is 13.9. The van der Waals surface area contributed by atoms with Gasteiger partial charge < -0.3 is 14.8 Å². The molecule has 0 bridgehead atoms. The van der Waals surface area contributed by atoms with Crippen LogP contribution in [-0.4, -0.2) is 20.8 Å². The van der Waals surface area contributed by atoms with E-state index in [1.165, 1.54) is 11.6 Å². The normalized spacial score (nSPS) is 17.2. The van der Waals surface area contributed by atoms with Gasteiger partial charge in [-0.3, -0.25) is 0 Å². The Bertz CT molecular complexity index is 657. The molecular weight excluding hydrogens is 269 g/mol. The summed E-state index contributed by atoms with van der Waals surface area (Å²) in [4.78, 5) is 0. The van der Waals surface area contributed by atoms with Crippen LogP contribution >= 0.6 is 0 Å². The number of ether oxygens (including phenoxy) is 2. The molecule has 0 unspecified atom stereocenters. The molecule has 21 heavy (non-hydrogen) atoms. The first-order chi connectivity index (χ1) is 10.2. The molecule has 0 saturated carbocycles. The number of quaternary nitrogens is 1. The predicted molar refractivity (Wildman–Crippen MR) is 78.3 cm³/mol. The lowest BCUT2D eigenvalue weighted by Crippen LogP contribution is -2.87. The second-order valence-corrected chi connectivity index (χ2v) is 5.18. The Morgan fingerprint density at radius 3 is 2.48 bits per heavy atom. The summed E-state index contributed by atoms with van der Waals surface area (Å²) in [6.45, 7) is 0.932. The molecule has 0 amide bonds. The van der Waals surface area contributed by atoms with E-state index in [4.69, 9.17) is 9.47 Å². The van der Waals surface area contributed by atoms with Gasteiger partial charge in [-0.2, -0.15) is 0 Å². The standard InChI is InChI=1S/C17H18FNO2/c1-20-15-9-11-7-8-19-17(13(11)10-16(15)21-2)12-5-3-4-6-14(12)18/h3-6,9-10,17,19H,7-8H2,1-2H3/p+1/t17-/m1/s1. The van der Waals surface area contributed by atoms with Gasteiger partial charge in [-0.1, -0.05) is 12.1 Å². The molecule has 0 aromatic heterocycles. The van der Waals surface area contributed by atoms with Crippen molar-refractivity contribution in [1.29, 1.82) is 0 Å². The maximum atomic E-state index is 14.1. The molecule has 0 fully saturated rings. The summed E-state index contributed by atoms with van der Waals surface area (Å²) in [6.07, 6.45) is 0.945. The van der Waals surface area contributed by atoms with Gasteiger partial charge in [0.1, 0.15) is 11.9 Å². The van der Waals surface area contributed by atoms with E-state index < -0.39 is 0 Å². The molecule has 2 N–H and O–H groups in total. The van der Waals surface area contributed by atoms with Crippen molar-refractivity contribution in [2.45, 2.75) is 12.5 Å². The van der Waals surface area contributed by atoms with Crippen LogP contribution < -0.4 is 14.8 Å². The number of hydrogen-bond donors (Lipinski definition) is 1. The predicted octanol–water partition coefficient (Wildman–Crippen LogP) is 2.05. The Hall–Kier alpha value is -2.07. The smallest absolute Gasteiger partial charge is 0.161 e.